The summed E-state index contributed by atoms with van der Waals surface area (Å²) in [7, 11) is 0. The molecule has 0 saturated carbocycles. The zero-order chi connectivity index (χ0) is 11.3. The highest BCUT2D eigenvalue weighted by atomic mass is 16.4. The first-order valence-corrected chi connectivity index (χ1v) is 5.44. The Labute approximate surface area is 89.4 Å². The maximum atomic E-state index is 11.6. The van der Waals surface area contributed by atoms with Gasteiger partial charge in [0.05, 0.1) is 0 Å². The topological polar surface area (TPSA) is 69.6 Å². The highest BCUT2D eigenvalue weighted by molar-refractivity contribution is 5.83. The predicted molar refractivity (Wildman–Crippen MR) is 55.7 cm³/mol. The Kier molecular flexibility index (Phi) is 4.39. The second-order valence-corrected chi connectivity index (χ2v) is 3.78. The molecular formula is C10H18N2O3. The first kappa shape index (κ1) is 11.8. The summed E-state index contributed by atoms with van der Waals surface area (Å²) in [5, 5.41) is 11.6. The Bertz CT molecular complexity index is 243. The van der Waals surface area contributed by atoms with E-state index < -0.39 is 12.0 Å². The predicted octanol–water partition coefficient (Wildman–Crippen LogP) is 1.05. The van der Waals surface area contributed by atoms with E-state index in [1.165, 1.54) is 4.90 Å². The molecule has 86 valence electrons. The maximum Gasteiger partial charge on any atom is 0.326 e. The number of nitrogens with one attached hydrogen (secondary N) is 1. The van der Waals surface area contributed by atoms with Crippen LogP contribution < -0.4 is 5.32 Å². The van der Waals surface area contributed by atoms with Gasteiger partial charge in [0.1, 0.15) is 6.04 Å². The second-order valence-electron chi connectivity index (χ2n) is 3.78. The van der Waals surface area contributed by atoms with Gasteiger partial charge in [0, 0.05) is 13.1 Å². The largest absolute Gasteiger partial charge is 0.480 e. The number of carboxylic acid groups (broad SMARTS) is 1. The van der Waals surface area contributed by atoms with Crippen molar-refractivity contribution < 1.29 is 14.7 Å². The van der Waals surface area contributed by atoms with Gasteiger partial charge in [-0.25, -0.2) is 9.59 Å². The molecule has 2 amide bonds. The molecule has 0 spiro atoms. The number of unbranched alkanes of at least 4 members (excludes halogenated alkanes) is 1. The lowest BCUT2D eigenvalue weighted by molar-refractivity contribution is -0.141. The number of urea groups is 1. The minimum Gasteiger partial charge on any atom is -0.480 e. The third-order valence-corrected chi connectivity index (χ3v) is 2.61. The normalized spacial score (nSPS) is 20.3. The van der Waals surface area contributed by atoms with E-state index >= 15 is 0 Å². The molecule has 15 heavy (non-hydrogen) atoms. The fourth-order valence-electron chi connectivity index (χ4n) is 1.74. The molecule has 0 aromatic carbocycles. The molecule has 5 heteroatoms. The third-order valence-electron chi connectivity index (χ3n) is 2.61. The van der Waals surface area contributed by atoms with Crippen molar-refractivity contribution in [2.45, 2.75) is 38.6 Å². The van der Waals surface area contributed by atoms with Crippen LogP contribution in [-0.2, 0) is 4.79 Å². The van der Waals surface area contributed by atoms with Gasteiger partial charge in [-0.2, -0.15) is 0 Å². The molecule has 0 aromatic heterocycles. The Morgan fingerprint density at radius 2 is 2.27 bits per heavy atom. The van der Waals surface area contributed by atoms with Gasteiger partial charge >= 0.3 is 12.0 Å². The van der Waals surface area contributed by atoms with E-state index in [1.807, 2.05) is 6.92 Å². The molecule has 1 atom stereocenters. The standard InChI is InChI=1S/C10H18N2O3/c1-2-3-6-11-10(15)12-7-4-5-8(12)9(13)14/h8H,2-7H2,1H3,(H,11,15)(H,13,14). The number of carboxylic acids is 1. The minimum atomic E-state index is -0.904. The molecule has 0 aromatic rings. The molecule has 1 unspecified atom stereocenters. The SMILES string of the molecule is CCCCNC(=O)N1CCCC1C(=O)O. The van der Waals surface area contributed by atoms with Crippen LogP contribution in [0.1, 0.15) is 32.6 Å². The summed E-state index contributed by atoms with van der Waals surface area (Å²) in [6.07, 6.45) is 3.29. The molecule has 1 heterocycles. The molecular weight excluding hydrogens is 196 g/mol. The van der Waals surface area contributed by atoms with Gasteiger partial charge in [-0.05, 0) is 19.3 Å². The van der Waals surface area contributed by atoms with Crippen LogP contribution in [0.4, 0.5) is 4.79 Å². The van der Waals surface area contributed by atoms with E-state index in [2.05, 4.69) is 5.32 Å². The summed E-state index contributed by atoms with van der Waals surface area (Å²) >= 11 is 0. The quantitative estimate of drug-likeness (QED) is 0.687. The molecule has 1 fully saturated rings. The zero-order valence-electron chi connectivity index (χ0n) is 9.03. The van der Waals surface area contributed by atoms with Gasteiger partial charge in [0.25, 0.3) is 0 Å². The number of aliphatic carboxylic acids is 1. The van der Waals surface area contributed by atoms with Crippen molar-refractivity contribution in [2.24, 2.45) is 0 Å². The number of hydrogen-bond acceptors (Lipinski definition) is 2. The van der Waals surface area contributed by atoms with Crippen molar-refractivity contribution in [3.8, 4) is 0 Å². The van der Waals surface area contributed by atoms with E-state index in [0.29, 0.717) is 19.5 Å². The Balaban J connectivity index is 2.40. The number of likely N-dealkylation sites (tertiary alicyclic amines) is 1. The van der Waals surface area contributed by atoms with Crippen LogP contribution in [0.2, 0.25) is 0 Å². The second kappa shape index (κ2) is 5.58. The molecule has 1 saturated heterocycles. The van der Waals surface area contributed by atoms with Crippen molar-refractivity contribution >= 4 is 12.0 Å². The average molecular weight is 214 g/mol. The van der Waals surface area contributed by atoms with Crippen LogP contribution in [0.3, 0.4) is 0 Å². The van der Waals surface area contributed by atoms with E-state index in [9.17, 15) is 9.59 Å². The third kappa shape index (κ3) is 3.11. The molecule has 1 aliphatic heterocycles. The summed E-state index contributed by atoms with van der Waals surface area (Å²) in [6, 6.07) is -0.875. The van der Waals surface area contributed by atoms with Crippen LogP contribution in [0.5, 0.6) is 0 Å². The van der Waals surface area contributed by atoms with Gasteiger partial charge in [-0.3, -0.25) is 0 Å². The maximum absolute atomic E-state index is 11.6. The van der Waals surface area contributed by atoms with Crippen LogP contribution in [-0.4, -0.2) is 41.1 Å². The summed E-state index contributed by atoms with van der Waals surface area (Å²) in [6.45, 7) is 3.22. The lowest BCUT2D eigenvalue weighted by Crippen LogP contribution is -2.46. The number of rotatable bonds is 4. The Hall–Kier alpha value is -1.26. The highest BCUT2D eigenvalue weighted by Crippen LogP contribution is 2.17. The Morgan fingerprint density at radius 3 is 2.87 bits per heavy atom. The van der Waals surface area contributed by atoms with Crippen molar-refractivity contribution in [3.63, 3.8) is 0 Å². The molecule has 5 nitrogen and oxygen atoms in total. The monoisotopic (exact) mass is 214 g/mol. The summed E-state index contributed by atoms with van der Waals surface area (Å²) < 4.78 is 0. The lowest BCUT2D eigenvalue weighted by Gasteiger charge is -2.21. The molecule has 1 aliphatic rings. The van der Waals surface area contributed by atoms with Crippen molar-refractivity contribution in [3.05, 3.63) is 0 Å². The molecule has 0 bridgehead atoms. The van der Waals surface area contributed by atoms with Crippen LogP contribution in [0.15, 0.2) is 0 Å². The van der Waals surface area contributed by atoms with Gasteiger partial charge in [-0.15, -0.1) is 0 Å². The number of amides is 2. The first-order chi connectivity index (χ1) is 7.16. The van der Waals surface area contributed by atoms with Crippen LogP contribution in [0.25, 0.3) is 0 Å². The van der Waals surface area contributed by atoms with Crippen LogP contribution in [0, 0.1) is 0 Å². The van der Waals surface area contributed by atoms with Gasteiger partial charge < -0.3 is 15.3 Å². The average Bonchev–Trinajstić information content (AvgIpc) is 2.66. The van der Waals surface area contributed by atoms with Crippen molar-refractivity contribution in [1.29, 1.82) is 0 Å². The van der Waals surface area contributed by atoms with Crippen LogP contribution >= 0.6 is 0 Å². The molecule has 1 rings (SSSR count). The van der Waals surface area contributed by atoms with Gasteiger partial charge in [0.2, 0.25) is 0 Å². The van der Waals surface area contributed by atoms with Gasteiger partial charge in [0.15, 0.2) is 0 Å². The van der Waals surface area contributed by atoms with E-state index in [1.54, 1.807) is 0 Å². The molecule has 2 N–H and O–H groups in total. The first-order valence-electron chi connectivity index (χ1n) is 5.44. The molecule has 0 radical (unpaired) electrons. The Morgan fingerprint density at radius 1 is 1.53 bits per heavy atom. The summed E-state index contributed by atoms with van der Waals surface area (Å²) in [5.74, 6) is -0.904. The smallest absolute Gasteiger partial charge is 0.326 e. The van der Waals surface area contributed by atoms with Crippen molar-refractivity contribution in [2.75, 3.05) is 13.1 Å². The minimum absolute atomic E-state index is 0.242. The number of hydrogen-bond donors (Lipinski definition) is 2. The summed E-state index contributed by atoms with van der Waals surface area (Å²) in [5.41, 5.74) is 0. The number of nitrogens with zero attached hydrogens (tertiary/aromatic N) is 1. The number of carbonyl (C=O) groups excluding carboxylic acids is 1. The van der Waals surface area contributed by atoms with E-state index in [4.69, 9.17) is 5.11 Å². The van der Waals surface area contributed by atoms with Crippen molar-refractivity contribution in [1.82, 2.24) is 10.2 Å². The fourth-order valence-corrected chi connectivity index (χ4v) is 1.74. The van der Waals surface area contributed by atoms with E-state index in [0.717, 1.165) is 19.3 Å². The van der Waals surface area contributed by atoms with E-state index in [-0.39, 0.29) is 6.03 Å². The lowest BCUT2D eigenvalue weighted by atomic mass is 10.2. The highest BCUT2D eigenvalue weighted by Gasteiger charge is 2.33. The molecule has 0 aliphatic carbocycles. The number of carbonyl (C=O) groups is 2. The fraction of sp³-hybridized carbons (Fsp3) is 0.800. The zero-order valence-corrected chi connectivity index (χ0v) is 9.03. The summed E-state index contributed by atoms with van der Waals surface area (Å²) in [4.78, 5) is 23.8. The van der Waals surface area contributed by atoms with Gasteiger partial charge in [-0.1, -0.05) is 13.3 Å².